The Bertz CT molecular complexity index is 917. The van der Waals surface area contributed by atoms with E-state index < -0.39 is 0 Å². The van der Waals surface area contributed by atoms with E-state index in [4.69, 9.17) is 0 Å². The molecular formula is C21H23N5OS. The third-order valence-corrected chi connectivity index (χ3v) is 6.20. The van der Waals surface area contributed by atoms with Crippen molar-refractivity contribution in [3.05, 3.63) is 47.2 Å². The van der Waals surface area contributed by atoms with E-state index in [0.29, 0.717) is 16.5 Å². The van der Waals surface area contributed by atoms with Gasteiger partial charge in [-0.25, -0.2) is 9.97 Å². The predicted molar refractivity (Wildman–Crippen MR) is 109 cm³/mol. The largest absolute Gasteiger partial charge is 0.355 e. The number of carbonyl (C=O) groups is 1. The zero-order chi connectivity index (χ0) is 19.5. The monoisotopic (exact) mass is 393 g/mol. The van der Waals surface area contributed by atoms with Crippen LogP contribution in [-0.2, 0) is 17.8 Å². The van der Waals surface area contributed by atoms with Gasteiger partial charge in [-0.15, -0.1) is 0 Å². The van der Waals surface area contributed by atoms with Gasteiger partial charge in [0.25, 0.3) is 0 Å². The topological polar surface area (TPSA) is 73.1 Å². The lowest BCUT2D eigenvalue weighted by Crippen LogP contribution is -2.44. The van der Waals surface area contributed by atoms with Crippen molar-refractivity contribution in [2.75, 3.05) is 30.8 Å². The molecule has 1 aromatic carbocycles. The van der Waals surface area contributed by atoms with Crippen LogP contribution in [0.3, 0.4) is 0 Å². The van der Waals surface area contributed by atoms with Crippen LogP contribution in [0, 0.1) is 17.2 Å². The number of hydrogen-bond donors (Lipinski definition) is 0. The molecule has 0 radical (unpaired) electrons. The molecule has 0 bridgehead atoms. The molecule has 7 heteroatoms. The second kappa shape index (κ2) is 8.19. The van der Waals surface area contributed by atoms with Gasteiger partial charge in [-0.1, -0.05) is 36.0 Å². The lowest BCUT2D eigenvalue weighted by atomic mass is 9.93. The minimum absolute atomic E-state index is 0.0499. The molecule has 0 N–H and O–H groups in total. The van der Waals surface area contributed by atoms with Crippen molar-refractivity contribution in [1.82, 2.24) is 14.9 Å². The van der Waals surface area contributed by atoms with Crippen LogP contribution in [0.1, 0.15) is 29.5 Å². The van der Waals surface area contributed by atoms with E-state index in [1.807, 2.05) is 17.2 Å². The van der Waals surface area contributed by atoms with Crippen LogP contribution in [0.25, 0.3) is 0 Å². The molecule has 3 heterocycles. The van der Waals surface area contributed by atoms with Crippen molar-refractivity contribution < 1.29 is 4.79 Å². The number of anilines is 1. The highest BCUT2D eigenvalue weighted by molar-refractivity contribution is 7.98. The van der Waals surface area contributed by atoms with Gasteiger partial charge in [0.1, 0.15) is 11.6 Å². The van der Waals surface area contributed by atoms with Crippen molar-refractivity contribution in [2.24, 2.45) is 5.92 Å². The number of carbonyl (C=O) groups excluding carboxylic acids is 1. The molecule has 2 aromatic rings. The second-order valence-electron chi connectivity index (χ2n) is 7.25. The fourth-order valence-corrected chi connectivity index (χ4v) is 4.39. The van der Waals surface area contributed by atoms with Crippen LogP contribution in [0.2, 0.25) is 0 Å². The summed E-state index contributed by atoms with van der Waals surface area (Å²) < 4.78 is 0. The van der Waals surface area contributed by atoms with Crippen LogP contribution in [0.4, 0.5) is 5.82 Å². The molecule has 0 aliphatic carbocycles. The van der Waals surface area contributed by atoms with Gasteiger partial charge in [0.05, 0.1) is 6.20 Å². The summed E-state index contributed by atoms with van der Waals surface area (Å²) in [5, 5.41) is 10.0. The highest BCUT2D eigenvalue weighted by Crippen LogP contribution is 2.28. The van der Waals surface area contributed by atoms with Crippen molar-refractivity contribution >= 4 is 23.5 Å². The average Bonchev–Trinajstić information content (AvgIpc) is 2.78. The molecular weight excluding hydrogens is 370 g/mol. The Labute approximate surface area is 169 Å². The molecule has 28 heavy (non-hydrogen) atoms. The van der Waals surface area contributed by atoms with Gasteiger partial charge in [0.2, 0.25) is 5.91 Å². The number of thioether (sulfide) groups is 1. The van der Waals surface area contributed by atoms with E-state index in [2.05, 4.69) is 39.1 Å². The molecule has 2 aliphatic heterocycles. The maximum atomic E-state index is 13.1. The summed E-state index contributed by atoms with van der Waals surface area (Å²) in [5.41, 5.74) is 3.12. The smallest absolute Gasteiger partial charge is 0.226 e. The van der Waals surface area contributed by atoms with E-state index in [1.54, 1.807) is 6.20 Å². The summed E-state index contributed by atoms with van der Waals surface area (Å²) in [7, 11) is 0. The number of fused-ring (bicyclic) bond motifs is 1. The molecule has 0 saturated carbocycles. The summed E-state index contributed by atoms with van der Waals surface area (Å²) in [6, 6.07) is 10.6. The molecule has 1 saturated heterocycles. The first-order valence-electron chi connectivity index (χ1n) is 9.61. The predicted octanol–water partition coefficient (Wildman–Crippen LogP) is 2.87. The maximum Gasteiger partial charge on any atom is 0.226 e. The number of amides is 1. The first-order chi connectivity index (χ1) is 13.7. The molecule has 0 unspecified atom stereocenters. The first-order valence-corrected chi connectivity index (χ1v) is 10.8. The Kier molecular flexibility index (Phi) is 5.49. The van der Waals surface area contributed by atoms with Gasteiger partial charge in [0, 0.05) is 32.1 Å². The Morgan fingerprint density at radius 2 is 1.96 bits per heavy atom. The van der Waals surface area contributed by atoms with Crippen LogP contribution in [0.15, 0.2) is 35.6 Å². The molecule has 0 atom stereocenters. The lowest BCUT2D eigenvalue weighted by molar-refractivity contribution is -0.137. The van der Waals surface area contributed by atoms with Gasteiger partial charge < -0.3 is 9.80 Å². The van der Waals surface area contributed by atoms with Crippen molar-refractivity contribution in [3.8, 4) is 6.07 Å². The first kappa shape index (κ1) is 18.8. The fourth-order valence-electron chi connectivity index (χ4n) is 4.06. The average molecular weight is 394 g/mol. The van der Waals surface area contributed by atoms with Crippen LogP contribution in [0.5, 0.6) is 0 Å². The minimum Gasteiger partial charge on any atom is -0.355 e. The summed E-state index contributed by atoms with van der Waals surface area (Å²) in [4.78, 5) is 25.9. The Balaban J connectivity index is 1.41. The zero-order valence-electron chi connectivity index (χ0n) is 16.0. The SMILES string of the molecule is CSc1ncc(C#N)c(N2CCC(C(=O)N3CCc4ccccc4C3)CC2)n1. The number of piperidine rings is 1. The molecule has 1 amide bonds. The Morgan fingerprint density at radius 3 is 2.68 bits per heavy atom. The summed E-state index contributed by atoms with van der Waals surface area (Å²) in [6.07, 6.45) is 6.04. The van der Waals surface area contributed by atoms with Crippen molar-refractivity contribution in [1.29, 1.82) is 5.26 Å². The van der Waals surface area contributed by atoms with Crippen LogP contribution in [-0.4, -0.2) is 46.7 Å². The lowest BCUT2D eigenvalue weighted by Gasteiger charge is -2.36. The maximum absolute atomic E-state index is 13.1. The minimum atomic E-state index is 0.0499. The Hall–Kier alpha value is -2.59. The number of hydrogen-bond acceptors (Lipinski definition) is 6. The van der Waals surface area contributed by atoms with Crippen molar-refractivity contribution in [3.63, 3.8) is 0 Å². The van der Waals surface area contributed by atoms with E-state index >= 15 is 0 Å². The van der Waals surface area contributed by atoms with Crippen LogP contribution >= 0.6 is 11.8 Å². The standard InChI is InChI=1S/C21H23N5OS/c1-28-21-23-13-18(12-22)19(24-21)25-9-7-16(8-10-25)20(27)26-11-6-15-4-2-3-5-17(15)14-26/h2-5,13,16H,6-11,14H2,1H3. The summed E-state index contributed by atoms with van der Waals surface area (Å²) in [6.45, 7) is 3.00. The normalized spacial score (nSPS) is 17.1. The molecule has 1 fully saturated rings. The van der Waals surface area contributed by atoms with Gasteiger partial charge >= 0.3 is 0 Å². The van der Waals surface area contributed by atoms with E-state index in [9.17, 15) is 10.1 Å². The number of rotatable bonds is 3. The van der Waals surface area contributed by atoms with Crippen molar-refractivity contribution in [2.45, 2.75) is 31.0 Å². The molecule has 144 valence electrons. The van der Waals surface area contributed by atoms with E-state index in [-0.39, 0.29) is 11.8 Å². The third-order valence-electron chi connectivity index (χ3n) is 5.64. The molecule has 4 rings (SSSR count). The molecule has 1 aromatic heterocycles. The molecule has 6 nitrogen and oxygen atoms in total. The number of aromatic nitrogens is 2. The Morgan fingerprint density at radius 1 is 1.21 bits per heavy atom. The van der Waals surface area contributed by atoms with E-state index in [0.717, 1.165) is 45.4 Å². The summed E-state index contributed by atoms with van der Waals surface area (Å²) >= 11 is 1.47. The highest BCUT2D eigenvalue weighted by Gasteiger charge is 2.31. The second-order valence-corrected chi connectivity index (χ2v) is 8.02. The molecule has 2 aliphatic rings. The third kappa shape index (κ3) is 3.69. The fraction of sp³-hybridized carbons (Fsp3) is 0.429. The number of nitrogens with zero attached hydrogens (tertiary/aromatic N) is 5. The summed E-state index contributed by atoms with van der Waals surface area (Å²) in [5.74, 6) is 1.01. The highest BCUT2D eigenvalue weighted by atomic mass is 32.2. The molecule has 0 spiro atoms. The zero-order valence-corrected chi connectivity index (χ0v) is 16.8. The number of benzene rings is 1. The number of nitriles is 1. The van der Waals surface area contributed by atoms with Gasteiger partial charge in [-0.05, 0) is 36.6 Å². The van der Waals surface area contributed by atoms with Gasteiger partial charge in [-0.2, -0.15) is 5.26 Å². The van der Waals surface area contributed by atoms with Gasteiger partial charge in [0.15, 0.2) is 11.0 Å². The van der Waals surface area contributed by atoms with Crippen LogP contribution < -0.4 is 4.90 Å². The van der Waals surface area contributed by atoms with Gasteiger partial charge in [-0.3, -0.25) is 4.79 Å². The quantitative estimate of drug-likeness (QED) is 0.590. The van der Waals surface area contributed by atoms with E-state index in [1.165, 1.54) is 22.9 Å².